The van der Waals surface area contributed by atoms with Crippen molar-refractivity contribution in [2.45, 2.75) is 6.61 Å². The fourth-order valence-corrected chi connectivity index (χ4v) is 1.81. The van der Waals surface area contributed by atoms with Gasteiger partial charge >= 0.3 is 5.97 Å². The molecule has 0 saturated carbocycles. The molecule has 1 rings (SSSR count). The minimum Gasteiger partial charge on any atom is -0.464 e. The smallest absolute Gasteiger partial charge is 0.357 e. The summed E-state index contributed by atoms with van der Waals surface area (Å²) in [5.41, 5.74) is 0.148. The van der Waals surface area contributed by atoms with Gasteiger partial charge in [0.15, 0.2) is 5.69 Å². The third-order valence-corrected chi connectivity index (χ3v) is 2.71. The van der Waals surface area contributed by atoms with E-state index in [0.29, 0.717) is 5.01 Å². The van der Waals surface area contributed by atoms with Crippen LogP contribution in [0.3, 0.4) is 0 Å². The van der Waals surface area contributed by atoms with Crippen LogP contribution in [0.25, 0.3) is 0 Å². The highest BCUT2D eigenvalue weighted by atomic mass is 32.2. The summed E-state index contributed by atoms with van der Waals surface area (Å²) >= 11 is 1.13. The Hall–Kier alpha value is -0.990. The second-order valence-corrected chi connectivity index (χ2v) is 5.17. The van der Waals surface area contributed by atoms with Gasteiger partial charge in [0.2, 0.25) is 0 Å². The van der Waals surface area contributed by atoms with Crippen LogP contribution in [-0.2, 0) is 25.6 Å². The Bertz CT molecular complexity index is 450. The summed E-state index contributed by atoms with van der Waals surface area (Å²) in [6.07, 6.45) is 0.946. The van der Waals surface area contributed by atoms with E-state index in [1.165, 1.54) is 12.5 Å². The number of methoxy groups -OCH3 is 1. The van der Waals surface area contributed by atoms with Gasteiger partial charge in [0.1, 0.15) is 11.6 Å². The minimum absolute atomic E-state index is 0.148. The molecule has 1 aromatic rings. The molecular formula is C7H9NO5S2. The Kier molecular flexibility index (Phi) is 3.77. The van der Waals surface area contributed by atoms with Crippen LogP contribution in [0.1, 0.15) is 15.5 Å². The van der Waals surface area contributed by atoms with Gasteiger partial charge in [0.05, 0.1) is 13.4 Å². The van der Waals surface area contributed by atoms with Crippen LogP contribution < -0.4 is 0 Å². The van der Waals surface area contributed by atoms with E-state index in [1.807, 2.05) is 0 Å². The molecule has 84 valence electrons. The van der Waals surface area contributed by atoms with Gasteiger partial charge in [-0.15, -0.1) is 11.3 Å². The fourth-order valence-electron chi connectivity index (χ4n) is 0.733. The molecule has 1 aromatic heterocycles. The van der Waals surface area contributed by atoms with Crippen LogP contribution in [0.4, 0.5) is 0 Å². The average Bonchev–Trinajstić information content (AvgIpc) is 2.61. The number of hydrogen-bond donors (Lipinski definition) is 0. The quantitative estimate of drug-likeness (QED) is 0.569. The van der Waals surface area contributed by atoms with E-state index < -0.39 is 16.1 Å². The van der Waals surface area contributed by atoms with Gasteiger partial charge in [-0.25, -0.2) is 9.78 Å². The van der Waals surface area contributed by atoms with Crippen LogP contribution >= 0.6 is 11.3 Å². The Balaban J connectivity index is 2.65. The van der Waals surface area contributed by atoms with Crippen molar-refractivity contribution in [3.05, 3.63) is 16.1 Å². The summed E-state index contributed by atoms with van der Waals surface area (Å²) in [4.78, 5) is 14.8. The SMILES string of the molecule is COC(=O)c1csc(COS(C)(=O)=O)n1. The molecule has 8 heteroatoms. The van der Waals surface area contributed by atoms with Gasteiger partial charge in [0.25, 0.3) is 10.1 Å². The van der Waals surface area contributed by atoms with Crippen LogP contribution in [0.5, 0.6) is 0 Å². The molecule has 6 nitrogen and oxygen atoms in total. The lowest BCUT2D eigenvalue weighted by Crippen LogP contribution is -2.04. The lowest BCUT2D eigenvalue weighted by molar-refractivity contribution is 0.0594. The van der Waals surface area contributed by atoms with Gasteiger partial charge in [-0.2, -0.15) is 8.42 Å². The first kappa shape index (κ1) is 12.1. The zero-order valence-electron chi connectivity index (χ0n) is 8.09. The molecule has 0 aliphatic rings. The zero-order chi connectivity index (χ0) is 11.5. The number of ether oxygens (including phenoxy) is 1. The van der Waals surface area contributed by atoms with E-state index in [0.717, 1.165) is 17.6 Å². The molecule has 15 heavy (non-hydrogen) atoms. The standard InChI is InChI=1S/C7H9NO5S2/c1-12-7(9)5-4-14-6(8-5)3-13-15(2,10)11/h4H,3H2,1-2H3. The Morgan fingerprint density at radius 2 is 2.27 bits per heavy atom. The molecule has 0 aromatic carbocycles. The summed E-state index contributed by atoms with van der Waals surface area (Å²) in [7, 11) is -2.24. The molecule has 0 atom stereocenters. The van der Waals surface area contributed by atoms with Gasteiger partial charge in [0, 0.05) is 5.38 Å². The third-order valence-electron chi connectivity index (χ3n) is 1.34. The first-order valence-corrected chi connectivity index (χ1v) is 6.49. The van der Waals surface area contributed by atoms with Crippen molar-refractivity contribution < 1.29 is 22.1 Å². The van der Waals surface area contributed by atoms with Gasteiger partial charge in [-0.05, 0) is 0 Å². The number of thiazole rings is 1. The van der Waals surface area contributed by atoms with E-state index >= 15 is 0 Å². The topological polar surface area (TPSA) is 82.6 Å². The summed E-state index contributed by atoms with van der Waals surface area (Å²) < 4.78 is 30.3. The molecule has 0 radical (unpaired) electrons. The molecule has 0 aliphatic carbocycles. The predicted molar refractivity (Wildman–Crippen MR) is 53.1 cm³/mol. The van der Waals surface area contributed by atoms with Crippen LogP contribution in [-0.4, -0.2) is 32.7 Å². The van der Waals surface area contributed by atoms with E-state index in [9.17, 15) is 13.2 Å². The van der Waals surface area contributed by atoms with E-state index in [4.69, 9.17) is 0 Å². The molecule has 0 spiro atoms. The molecule has 0 aliphatic heterocycles. The maximum Gasteiger partial charge on any atom is 0.357 e. The predicted octanol–water partition coefficient (Wildman–Crippen LogP) is 0.406. The molecule has 0 fully saturated rings. The molecule has 1 heterocycles. The van der Waals surface area contributed by atoms with Gasteiger partial charge < -0.3 is 4.74 Å². The minimum atomic E-state index is -3.49. The maximum absolute atomic E-state index is 11.0. The Morgan fingerprint density at radius 1 is 1.60 bits per heavy atom. The summed E-state index contributed by atoms with van der Waals surface area (Å²) in [6.45, 7) is -0.166. The second kappa shape index (κ2) is 4.69. The third kappa shape index (κ3) is 3.94. The number of carbonyl (C=O) groups is 1. The molecule has 0 bridgehead atoms. The van der Waals surface area contributed by atoms with Gasteiger partial charge in [-0.3, -0.25) is 4.18 Å². The van der Waals surface area contributed by atoms with Crippen molar-refractivity contribution in [1.29, 1.82) is 0 Å². The van der Waals surface area contributed by atoms with Gasteiger partial charge in [-0.1, -0.05) is 0 Å². The van der Waals surface area contributed by atoms with Crippen molar-refractivity contribution in [3.8, 4) is 0 Å². The lowest BCUT2D eigenvalue weighted by atomic mass is 10.5. The molecule has 0 saturated heterocycles. The van der Waals surface area contributed by atoms with Crippen molar-refractivity contribution >= 4 is 27.4 Å². The largest absolute Gasteiger partial charge is 0.464 e. The maximum atomic E-state index is 11.0. The van der Waals surface area contributed by atoms with Crippen LogP contribution in [0, 0.1) is 0 Å². The molecule has 0 N–H and O–H groups in total. The second-order valence-electron chi connectivity index (χ2n) is 2.58. The number of rotatable bonds is 4. The first-order valence-electron chi connectivity index (χ1n) is 3.79. The highest BCUT2D eigenvalue weighted by molar-refractivity contribution is 7.85. The molecule has 0 amide bonds. The summed E-state index contributed by atoms with van der Waals surface area (Å²) in [5, 5.41) is 1.88. The Labute approximate surface area is 91.0 Å². The zero-order valence-corrected chi connectivity index (χ0v) is 9.72. The van der Waals surface area contributed by atoms with E-state index in [1.54, 1.807) is 0 Å². The number of carbonyl (C=O) groups excluding carboxylic acids is 1. The number of nitrogens with zero attached hydrogens (tertiary/aromatic N) is 1. The normalized spacial score (nSPS) is 11.3. The summed E-state index contributed by atoms with van der Waals surface area (Å²) in [6, 6.07) is 0. The monoisotopic (exact) mass is 251 g/mol. The van der Waals surface area contributed by atoms with Crippen molar-refractivity contribution in [3.63, 3.8) is 0 Å². The van der Waals surface area contributed by atoms with Crippen molar-refractivity contribution in [2.24, 2.45) is 0 Å². The fraction of sp³-hybridized carbons (Fsp3) is 0.429. The summed E-state index contributed by atoms with van der Waals surface area (Å²) in [5.74, 6) is -0.558. The van der Waals surface area contributed by atoms with E-state index in [2.05, 4.69) is 13.9 Å². The number of esters is 1. The van der Waals surface area contributed by atoms with Crippen molar-refractivity contribution in [2.75, 3.05) is 13.4 Å². The molecular weight excluding hydrogens is 242 g/mol. The lowest BCUT2D eigenvalue weighted by Gasteiger charge is -1.96. The molecule has 0 unspecified atom stereocenters. The van der Waals surface area contributed by atoms with E-state index in [-0.39, 0.29) is 12.3 Å². The number of hydrogen-bond acceptors (Lipinski definition) is 7. The van der Waals surface area contributed by atoms with Crippen LogP contribution in [0.2, 0.25) is 0 Å². The highest BCUT2D eigenvalue weighted by Crippen LogP contribution is 2.12. The van der Waals surface area contributed by atoms with Crippen LogP contribution in [0.15, 0.2) is 5.38 Å². The number of aromatic nitrogens is 1. The average molecular weight is 251 g/mol. The van der Waals surface area contributed by atoms with Crippen molar-refractivity contribution in [1.82, 2.24) is 4.98 Å². The first-order chi connectivity index (χ1) is 6.92. The Morgan fingerprint density at radius 3 is 2.80 bits per heavy atom. The highest BCUT2D eigenvalue weighted by Gasteiger charge is 2.12.